The molecule has 2 amide bonds. The van der Waals surface area contributed by atoms with Crippen molar-refractivity contribution in [3.63, 3.8) is 0 Å². The van der Waals surface area contributed by atoms with Crippen LogP contribution in [0.2, 0.25) is 0 Å². The molecule has 166 valence electrons. The molecule has 1 aromatic heterocycles. The first kappa shape index (κ1) is 22.1. The molecule has 1 N–H and O–H groups in total. The maximum Gasteiger partial charge on any atom is 0.273 e. The first-order valence-electron chi connectivity index (χ1n) is 10.0. The number of rotatable bonds is 4. The standard InChI is InChI=1S/C24H19N3O5S/c1-13-5-4-6-19(15(13)3)26-23(29)18(22(28)25-24(26)33)12-17-9-10-21(32-17)16-8-7-14(2)20(11-16)27(30)31/h4-12H,1-3H3,(H,25,28,33)/b18-12+. The van der Waals surface area contributed by atoms with Crippen LogP contribution in [-0.2, 0) is 9.59 Å². The van der Waals surface area contributed by atoms with Crippen molar-refractivity contribution in [2.45, 2.75) is 20.8 Å². The predicted molar refractivity (Wildman–Crippen MR) is 128 cm³/mol. The van der Waals surface area contributed by atoms with Gasteiger partial charge in [0.2, 0.25) is 0 Å². The number of furan rings is 1. The van der Waals surface area contributed by atoms with Gasteiger partial charge in [0.05, 0.1) is 10.6 Å². The van der Waals surface area contributed by atoms with Crippen molar-refractivity contribution >= 4 is 46.6 Å². The molecule has 1 saturated heterocycles. The quantitative estimate of drug-likeness (QED) is 0.200. The lowest BCUT2D eigenvalue weighted by atomic mass is 10.0. The van der Waals surface area contributed by atoms with Gasteiger partial charge in [-0.05, 0) is 68.4 Å². The second-order valence-corrected chi connectivity index (χ2v) is 8.02. The topological polar surface area (TPSA) is 106 Å². The minimum absolute atomic E-state index is 0.00273. The van der Waals surface area contributed by atoms with Gasteiger partial charge in [0.25, 0.3) is 17.5 Å². The summed E-state index contributed by atoms with van der Waals surface area (Å²) < 4.78 is 5.77. The van der Waals surface area contributed by atoms with Crippen LogP contribution < -0.4 is 10.2 Å². The van der Waals surface area contributed by atoms with Crippen molar-refractivity contribution in [1.82, 2.24) is 5.32 Å². The minimum atomic E-state index is -0.629. The zero-order valence-electron chi connectivity index (χ0n) is 18.0. The van der Waals surface area contributed by atoms with E-state index in [-0.39, 0.29) is 22.1 Å². The van der Waals surface area contributed by atoms with E-state index < -0.39 is 16.7 Å². The minimum Gasteiger partial charge on any atom is -0.457 e. The van der Waals surface area contributed by atoms with Gasteiger partial charge in [-0.25, -0.2) is 0 Å². The predicted octanol–water partition coefficient (Wildman–Crippen LogP) is 4.61. The number of anilines is 1. The molecule has 33 heavy (non-hydrogen) atoms. The molecule has 0 saturated carbocycles. The van der Waals surface area contributed by atoms with E-state index >= 15 is 0 Å². The first-order valence-corrected chi connectivity index (χ1v) is 10.4. The van der Waals surface area contributed by atoms with Crippen molar-refractivity contribution < 1.29 is 18.9 Å². The molecule has 0 bridgehead atoms. The van der Waals surface area contributed by atoms with Crippen molar-refractivity contribution in [3.05, 3.63) is 86.7 Å². The monoisotopic (exact) mass is 461 g/mol. The number of carbonyl (C=O) groups is 2. The maximum absolute atomic E-state index is 13.2. The summed E-state index contributed by atoms with van der Waals surface area (Å²) in [7, 11) is 0. The molecule has 1 fully saturated rings. The lowest BCUT2D eigenvalue weighted by Gasteiger charge is -2.30. The molecule has 2 aromatic carbocycles. The molecule has 3 aromatic rings. The average Bonchev–Trinajstić information content (AvgIpc) is 3.23. The van der Waals surface area contributed by atoms with Gasteiger partial charge in [-0.1, -0.05) is 24.3 Å². The number of benzene rings is 2. The number of nitro groups is 1. The van der Waals surface area contributed by atoms with Gasteiger partial charge in [-0.15, -0.1) is 0 Å². The Kier molecular flexibility index (Phi) is 5.65. The number of nitrogens with zero attached hydrogens (tertiary/aromatic N) is 2. The van der Waals surface area contributed by atoms with Crippen LogP contribution in [0.25, 0.3) is 17.4 Å². The average molecular weight is 461 g/mol. The molecular weight excluding hydrogens is 442 g/mol. The van der Waals surface area contributed by atoms with E-state index in [4.69, 9.17) is 16.6 Å². The number of aryl methyl sites for hydroxylation is 2. The van der Waals surface area contributed by atoms with Crippen LogP contribution in [0.1, 0.15) is 22.5 Å². The van der Waals surface area contributed by atoms with Gasteiger partial charge in [0, 0.05) is 17.2 Å². The van der Waals surface area contributed by atoms with Crippen molar-refractivity contribution in [1.29, 1.82) is 0 Å². The summed E-state index contributed by atoms with van der Waals surface area (Å²) in [6.45, 7) is 5.45. The van der Waals surface area contributed by atoms with Gasteiger partial charge in [-0.2, -0.15) is 0 Å². The molecule has 0 spiro atoms. The van der Waals surface area contributed by atoms with Crippen LogP contribution >= 0.6 is 12.2 Å². The Morgan fingerprint density at radius 1 is 1.06 bits per heavy atom. The highest BCUT2D eigenvalue weighted by molar-refractivity contribution is 7.80. The van der Waals surface area contributed by atoms with E-state index in [1.54, 1.807) is 37.3 Å². The Morgan fingerprint density at radius 3 is 2.55 bits per heavy atom. The van der Waals surface area contributed by atoms with Crippen molar-refractivity contribution in [3.8, 4) is 11.3 Å². The Bertz CT molecular complexity index is 1370. The van der Waals surface area contributed by atoms with Crippen molar-refractivity contribution in [2.75, 3.05) is 4.90 Å². The molecule has 4 rings (SSSR count). The number of hydrogen-bond acceptors (Lipinski definition) is 6. The van der Waals surface area contributed by atoms with E-state index in [0.717, 1.165) is 11.1 Å². The first-order chi connectivity index (χ1) is 15.7. The summed E-state index contributed by atoms with van der Waals surface area (Å²) in [5, 5.41) is 13.8. The highest BCUT2D eigenvalue weighted by atomic mass is 32.1. The normalized spacial score (nSPS) is 15.2. The second kappa shape index (κ2) is 8.44. The fourth-order valence-corrected chi connectivity index (χ4v) is 3.82. The van der Waals surface area contributed by atoms with E-state index in [2.05, 4.69) is 5.32 Å². The number of nitro benzene ring substituents is 1. The van der Waals surface area contributed by atoms with Crippen LogP contribution in [0.3, 0.4) is 0 Å². The van der Waals surface area contributed by atoms with Crippen LogP contribution in [-0.4, -0.2) is 21.9 Å². The second-order valence-electron chi connectivity index (χ2n) is 7.64. The molecule has 1 aliphatic rings. The Labute approximate surface area is 194 Å². The lowest BCUT2D eigenvalue weighted by Crippen LogP contribution is -2.54. The van der Waals surface area contributed by atoms with E-state index in [1.807, 2.05) is 26.0 Å². The lowest BCUT2D eigenvalue weighted by molar-refractivity contribution is -0.385. The van der Waals surface area contributed by atoms with Crippen LogP contribution in [0.5, 0.6) is 0 Å². The Hall–Kier alpha value is -4.11. The largest absolute Gasteiger partial charge is 0.457 e. The maximum atomic E-state index is 13.2. The van der Waals surface area contributed by atoms with Gasteiger partial charge >= 0.3 is 0 Å². The summed E-state index contributed by atoms with van der Waals surface area (Å²) in [6, 6.07) is 13.5. The third-order valence-electron chi connectivity index (χ3n) is 5.52. The molecular formula is C24H19N3O5S. The summed E-state index contributed by atoms with van der Waals surface area (Å²) >= 11 is 5.26. The summed E-state index contributed by atoms with van der Waals surface area (Å²) in [5.74, 6) is -0.576. The number of carbonyl (C=O) groups excluding carboxylic acids is 2. The molecule has 2 heterocycles. The van der Waals surface area contributed by atoms with Gasteiger partial charge < -0.3 is 4.42 Å². The number of thiocarbonyl (C=S) groups is 1. The Morgan fingerprint density at radius 2 is 1.82 bits per heavy atom. The molecule has 8 nitrogen and oxygen atoms in total. The fourth-order valence-electron chi connectivity index (χ4n) is 3.54. The molecule has 0 atom stereocenters. The molecule has 1 aliphatic heterocycles. The number of amides is 2. The third kappa shape index (κ3) is 4.06. The highest BCUT2D eigenvalue weighted by Gasteiger charge is 2.35. The van der Waals surface area contributed by atoms with E-state index in [9.17, 15) is 19.7 Å². The zero-order chi connectivity index (χ0) is 23.9. The van der Waals surface area contributed by atoms with Crippen LogP contribution in [0, 0.1) is 30.9 Å². The summed E-state index contributed by atoms with van der Waals surface area (Å²) in [6.07, 6.45) is 1.34. The zero-order valence-corrected chi connectivity index (χ0v) is 18.9. The van der Waals surface area contributed by atoms with Gasteiger partial charge in [0.15, 0.2) is 5.11 Å². The number of hydrogen-bond donors (Lipinski definition) is 1. The summed E-state index contributed by atoms with van der Waals surface area (Å²) in [5.41, 5.74) is 3.31. The van der Waals surface area contributed by atoms with E-state index in [0.29, 0.717) is 22.6 Å². The van der Waals surface area contributed by atoms with Crippen molar-refractivity contribution in [2.24, 2.45) is 0 Å². The van der Waals surface area contributed by atoms with Crippen LogP contribution in [0.4, 0.5) is 11.4 Å². The smallest absolute Gasteiger partial charge is 0.273 e. The third-order valence-corrected chi connectivity index (χ3v) is 5.81. The fraction of sp³-hybridized carbons (Fsp3) is 0.125. The highest BCUT2D eigenvalue weighted by Crippen LogP contribution is 2.30. The number of nitrogens with one attached hydrogen (secondary N) is 1. The Balaban J connectivity index is 1.70. The van der Waals surface area contributed by atoms with Gasteiger partial charge in [0.1, 0.15) is 17.1 Å². The van der Waals surface area contributed by atoms with Gasteiger partial charge in [-0.3, -0.25) is 29.9 Å². The molecule has 0 radical (unpaired) electrons. The van der Waals surface area contributed by atoms with E-state index in [1.165, 1.54) is 17.0 Å². The molecule has 0 aliphatic carbocycles. The van der Waals surface area contributed by atoms with Crippen LogP contribution in [0.15, 0.2) is 58.5 Å². The molecule has 0 unspecified atom stereocenters. The molecule has 9 heteroatoms. The summed E-state index contributed by atoms with van der Waals surface area (Å²) in [4.78, 5) is 37.9. The SMILES string of the molecule is Cc1ccc(-c2ccc(/C=C3\C(=O)NC(=S)N(c4cccc(C)c4C)C3=O)o2)cc1[N+](=O)[O-].